The highest BCUT2D eigenvalue weighted by Gasteiger charge is 2.23. The van der Waals surface area contributed by atoms with Gasteiger partial charge in [-0.2, -0.15) is 0 Å². The number of ketones is 1. The van der Waals surface area contributed by atoms with Gasteiger partial charge in [0.05, 0.1) is 5.56 Å². The van der Waals surface area contributed by atoms with E-state index in [-0.39, 0.29) is 11.3 Å². The second-order valence-electron chi connectivity index (χ2n) is 7.92. The molecule has 0 saturated carbocycles. The van der Waals surface area contributed by atoms with Crippen LogP contribution >= 0.6 is 0 Å². The number of aromatic carboxylic acids is 1. The molecular weight excluding hydrogens is 426 g/mol. The summed E-state index contributed by atoms with van der Waals surface area (Å²) in [6.07, 6.45) is -1.00. The molecule has 5 rings (SSSR count). The van der Waals surface area contributed by atoms with Gasteiger partial charge in [-0.3, -0.25) is 4.79 Å². The van der Waals surface area contributed by atoms with Crippen LogP contribution in [-0.2, 0) is 0 Å². The van der Waals surface area contributed by atoms with Gasteiger partial charge >= 0.3 is 5.97 Å². The van der Waals surface area contributed by atoms with Crippen LogP contribution in [0.3, 0.4) is 0 Å². The van der Waals surface area contributed by atoms with Crippen molar-refractivity contribution in [1.29, 1.82) is 0 Å². The van der Waals surface area contributed by atoms with Gasteiger partial charge in [0.2, 0.25) is 12.0 Å². The van der Waals surface area contributed by atoms with Crippen molar-refractivity contribution in [2.75, 3.05) is 5.32 Å². The Morgan fingerprint density at radius 2 is 1.32 bits per heavy atom. The second-order valence-corrected chi connectivity index (χ2v) is 7.92. The summed E-state index contributed by atoms with van der Waals surface area (Å²) < 4.78 is 6.02. The molecule has 166 valence electrons. The van der Waals surface area contributed by atoms with Gasteiger partial charge < -0.3 is 15.2 Å². The fourth-order valence-corrected chi connectivity index (χ4v) is 3.96. The normalized spacial score (nSPS) is 11.8. The van der Waals surface area contributed by atoms with E-state index in [4.69, 9.17) is 9.84 Å². The predicted octanol–water partition coefficient (Wildman–Crippen LogP) is 6.39. The molecular formula is C29H21NO4. The van der Waals surface area contributed by atoms with Crippen LogP contribution in [0.5, 0.6) is 5.75 Å². The minimum Gasteiger partial charge on any atom is -0.478 e. The summed E-state index contributed by atoms with van der Waals surface area (Å²) in [5, 5.41) is 16.6. The summed E-state index contributed by atoms with van der Waals surface area (Å²) in [7, 11) is 0. The number of fused-ring (bicyclic) bond motifs is 3. The van der Waals surface area contributed by atoms with Crippen molar-refractivity contribution in [2.24, 2.45) is 0 Å². The van der Waals surface area contributed by atoms with Crippen LogP contribution < -0.4 is 10.1 Å². The number of ether oxygens (including phenoxy) is 1. The summed E-state index contributed by atoms with van der Waals surface area (Å²) in [5.41, 5.74) is 1.25. The van der Waals surface area contributed by atoms with E-state index in [1.165, 1.54) is 12.1 Å². The number of benzene rings is 5. The van der Waals surface area contributed by atoms with Gasteiger partial charge in [-0.15, -0.1) is 0 Å². The highest BCUT2D eigenvalue weighted by atomic mass is 16.5. The lowest BCUT2D eigenvalue weighted by Gasteiger charge is -2.21. The van der Waals surface area contributed by atoms with Crippen LogP contribution in [0.2, 0.25) is 0 Å². The number of carboxylic acid groups (broad SMARTS) is 1. The standard InChI is InChI=1S/C29H21NO4/c31-27(22-14-17-26-21(18-22)11-10-19-6-4-5-9-25(19)26)28(34-24-7-2-1-3-8-24)30-23-15-12-20(13-16-23)29(32)33/h1-18,28,30H,(H,32,33). The van der Waals surface area contributed by atoms with E-state index in [0.717, 1.165) is 21.5 Å². The molecule has 2 N–H and O–H groups in total. The van der Waals surface area contributed by atoms with Crippen LogP contribution in [0.4, 0.5) is 5.69 Å². The zero-order chi connectivity index (χ0) is 23.5. The quantitative estimate of drug-likeness (QED) is 0.172. The lowest BCUT2D eigenvalue weighted by atomic mass is 9.98. The summed E-state index contributed by atoms with van der Waals surface area (Å²) in [5.74, 6) is -0.702. The SMILES string of the molecule is O=C(O)c1ccc(NC(Oc2ccccc2)C(=O)c2ccc3c(ccc4ccccc43)c2)cc1. The maximum Gasteiger partial charge on any atom is 0.335 e. The first-order valence-corrected chi connectivity index (χ1v) is 10.9. The molecule has 0 aromatic heterocycles. The van der Waals surface area contributed by atoms with Crippen molar-refractivity contribution < 1.29 is 19.4 Å². The molecule has 0 fully saturated rings. The van der Waals surface area contributed by atoms with Crippen LogP contribution in [0.1, 0.15) is 20.7 Å². The number of rotatable bonds is 7. The lowest BCUT2D eigenvalue weighted by Crippen LogP contribution is -2.35. The number of anilines is 1. The molecule has 0 saturated heterocycles. The van der Waals surface area contributed by atoms with E-state index in [9.17, 15) is 9.59 Å². The third-order valence-electron chi connectivity index (χ3n) is 5.69. The number of nitrogens with one attached hydrogen (secondary N) is 1. The Balaban J connectivity index is 1.49. The molecule has 5 aromatic carbocycles. The third kappa shape index (κ3) is 4.32. The van der Waals surface area contributed by atoms with E-state index in [1.807, 2.05) is 60.7 Å². The molecule has 34 heavy (non-hydrogen) atoms. The van der Waals surface area contributed by atoms with E-state index in [2.05, 4.69) is 17.4 Å². The minimum atomic E-state index is -1.01. The number of carbonyl (C=O) groups excluding carboxylic acids is 1. The first-order chi connectivity index (χ1) is 16.6. The van der Waals surface area contributed by atoms with Crippen LogP contribution in [0.25, 0.3) is 21.5 Å². The predicted molar refractivity (Wildman–Crippen MR) is 134 cm³/mol. The Kier molecular flexibility index (Phi) is 5.67. The third-order valence-corrected chi connectivity index (χ3v) is 5.69. The molecule has 5 aromatic rings. The maximum atomic E-state index is 13.6. The van der Waals surface area contributed by atoms with Crippen LogP contribution in [0.15, 0.2) is 109 Å². The Morgan fingerprint density at radius 3 is 2.09 bits per heavy atom. The smallest absolute Gasteiger partial charge is 0.335 e. The van der Waals surface area contributed by atoms with Gasteiger partial charge in [0.1, 0.15) is 5.75 Å². The van der Waals surface area contributed by atoms with Gasteiger partial charge in [-0.05, 0) is 64.0 Å². The summed E-state index contributed by atoms with van der Waals surface area (Å²) in [6.45, 7) is 0. The Hall–Kier alpha value is -4.64. The Labute approximate surface area is 196 Å². The summed E-state index contributed by atoms with van der Waals surface area (Å²) >= 11 is 0. The van der Waals surface area contributed by atoms with Crippen molar-refractivity contribution in [3.05, 3.63) is 120 Å². The lowest BCUT2D eigenvalue weighted by molar-refractivity contribution is 0.0696. The Bertz CT molecular complexity index is 1490. The van der Waals surface area contributed by atoms with Gasteiger partial charge in [0, 0.05) is 11.3 Å². The molecule has 0 aliphatic rings. The largest absolute Gasteiger partial charge is 0.478 e. The Morgan fingerprint density at radius 1 is 0.676 bits per heavy atom. The second kappa shape index (κ2) is 9.08. The number of hydrogen-bond acceptors (Lipinski definition) is 4. The average molecular weight is 447 g/mol. The molecule has 0 heterocycles. The molecule has 0 aliphatic heterocycles. The molecule has 0 aliphatic carbocycles. The van der Waals surface area contributed by atoms with Crippen molar-refractivity contribution in [3.8, 4) is 5.75 Å². The number of Topliss-reactive ketones (excluding diaryl/α,β-unsaturated/α-hetero) is 1. The molecule has 0 amide bonds. The fourth-order valence-electron chi connectivity index (χ4n) is 3.96. The van der Waals surface area contributed by atoms with Gasteiger partial charge in [0.25, 0.3) is 0 Å². The monoisotopic (exact) mass is 447 g/mol. The number of carboxylic acids is 1. The fraction of sp³-hybridized carbons (Fsp3) is 0.0345. The van der Waals surface area contributed by atoms with E-state index >= 15 is 0 Å². The molecule has 1 atom stereocenters. The first-order valence-electron chi connectivity index (χ1n) is 10.9. The maximum absolute atomic E-state index is 13.6. The molecule has 0 spiro atoms. The molecule has 0 radical (unpaired) electrons. The first kappa shape index (κ1) is 21.2. The van der Waals surface area contributed by atoms with Gasteiger partial charge in [-0.1, -0.05) is 66.7 Å². The van der Waals surface area contributed by atoms with E-state index in [1.54, 1.807) is 24.3 Å². The minimum absolute atomic E-state index is 0.166. The topological polar surface area (TPSA) is 75.6 Å². The zero-order valence-electron chi connectivity index (χ0n) is 18.1. The van der Waals surface area contributed by atoms with Gasteiger partial charge in [0.15, 0.2) is 0 Å². The summed E-state index contributed by atoms with van der Waals surface area (Å²) in [6, 6.07) is 33.2. The average Bonchev–Trinajstić information content (AvgIpc) is 2.88. The molecule has 1 unspecified atom stereocenters. The van der Waals surface area contributed by atoms with E-state index < -0.39 is 12.2 Å². The number of carbonyl (C=O) groups is 2. The van der Waals surface area contributed by atoms with Crippen molar-refractivity contribution in [1.82, 2.24) is 0 Å². The molecule has 0 bridgehead atoms. The highest BCUT2D eigenvalue weighted by molar-refractivity contribution is 6.10. The highest BCUT2D eigenvalue weighted by Crippen LogP contribution is 2.27. The summed E-state index contributed by atoms with van der Waals surface area (Å²) in [4.78, 5) is 24.7. The van der Waals surface area contributed by atoms with Crippen LogP contribution in [0, 0.1) is 0 Å². The van der Waals surface area contributed by atoms with Crippen molar-refractivity contribution in [2.45, 2.75) is 6.23 Å². The zero-order valence-corrected chi connectivity index (χ0v) is 18.1. The molecule has 5 heteroatoms. The van der Waals surface area contributed by atoms with Crippen molar-refractivity contribution in [3.63, 3.8) is 0 Å². The number of para-hydroxylation sites is 1. The van der Waals surface area contributed by atoms with E-state index in [0.29, 0.717) is 17.0 Å². The number of hydrogen-bond donors (Lipinski definition) is 2. The van der Waals surface area contributed by atoms with Gasteiger partial charge in [-0.25, -0.2) is 4.79 Å². The van der Waals surface area contributed by atoms with Crippen molar-refractivity contribution >= 4 is 39.0 Å². The molecule has 5 nitrogen and oxygen atoms in total. The van der Waals surface area contributed by atoms with Crippen LogP contribution in [-0.4, -0.2) is 23.1 Å².